The molecule has 4 rings (SSSR count). The van der Waals surface area contributed by atoms with E-state index in [1.54, 1.807) is 4.90 Å². The van der Waals surface area contributed by atoms with Crippen molar-refractivity contribution >= 4 is 11.8 Å². The molecule has 1 aromatic carbocycles. The highest BCUT2D eigenvalue weighted by Gasteiger charge is 2.43. The minimum absolute atomic E-state index is 0.0689. The molecule has 5 nitrogen and oxygen atoms in total. The molecule has 0 atom stereocenters. The highest BCUT2D eigenvalue weighted by molar-refractivity contribution is 5.68. The maximum absolute atomic E-state index is 13.9. The van der Waals surface area contributed by atoms with E-state index in [0.29, 0.717) is 25.2 Å². The largest absolute Gasteiger partial charge is 0.444 e. The van der Waals surface area contributed by atoms with Crippen LogP contribution in [0.25, 0.3) is 0 Å². The SMILES string of the molecule is CC(C)(C)OC(=O)N1CCC2(CCN(Cc3c(N4CCCC4)cccc3C(F)(F)F)C2)CC1. The minimum Gasteiger partial charge on any atom is -0.444 e. The highest BCUT2D eigenvalue weighted by atomic mass is 19.4. The summed E-state index contributed by atoms with van der Waals surface area (Å²) in [6, 6.07) is 4.61. The van der Waals surface area contributed by atoms with E-state index in [4.69, 9.17) is 4.74 Å². The van der Waals surface area contributed by atoms with Crippen molar-refractivity contribution in [2.45, 2.75) is 71.2 Å². The molecule has 0 aliphatic carbocycles. The smallest absolute Gasteiger partial charge is 0.416 e. The van der Waals surface area contributed by atoms with Crippen LogP contribution in [0.4, 0.5) is 23.7 Å². The fourth-order valence-corrected chi connectivity index (χ4v) is 5.55. The molecule has 184 valence electrons. The number of alkyl halides is 3. The van der Waals surface area contributed by atoms with E-state index in [-0.39, 0.29) is 11.5 Å². The average molecular weight is 468 g/mol. The first-order chi connectivity index (χ1) is 15.5. The third kappa shape index (κ3) is 5.58. The zero-order valence-electron chi connectivity index (χ0n) is 20.0. The topological polar surface area (TPSA) is 36.0 Å². The van der Waals surface area contributed by atoms with Crippen LogP contribution in [0.5, 0.6) is 0 Å². The minimum atomic E-state index is -4.36. The van der Waals surface area contributed by atoms with Crippen molar-refractivity contribution in [2.24, 2.45) is 5.41 Å². The zero-order valence-corrected chi connectivity index (χ0v) is 20.0. The molecule has 33 heavy (non-hydrogen) atoms. The van der Waals surface area contributed by atoms with Crippen LogP contribution in [-0.4, -0.2) is 60.8 Å². The maximum Gasteiger partial charge on any atom is 0.416 e. The number of hydrogen-bond donors (Lipinski definition) is 0. The second kappa shape index (κ2) is 9.01. The Morgan fingerprint density at radius 3 is 2.24 bits per heavy atom. The van der Waals surface area contributed by atoms with E-state index >= 15 is 0 Å². The Kier molecular flexibility index (Phi) is 6.60. The lowest BCUT2D eigenvalue weighted by Crippen LogP contribution is -2.46. The van der Waals surface area contributed by atoms with Gasteiger partial charge in [0.1, 0.15) is 5.60 Å². The Labute approximate surface area is 194 Å². The van der Waals surface area contributed by atoms with Crippen molar-refractivity contribution in [1.82, 2.24) is 9.80 Å². The van der Waals surface area contributed by atoms with Gasteiger partial charge in [-0.1, -0.05) is 6.07 Å². The highest BCUT2D eigenvalue weighted by Crippen LogP contribution is 2.43. The number of halogens is 3. The van der Waals surface area contributed by atoms with E-state index in [1.165, 1.54) is 12.1 Å². The van der Waals surface area contributed by atoms with Gasteiger partial charge >= 0.3 is 12.3 Å². The van der Waals surface area contributed by atoms with Crippen LogP contribution in [0.1, 0.15) is 64.0 Å². The zero-order chi connectivity index (χ0) is 23.9. The first-order valence-electron chi connectivity index (χ1n) is 12.1. The molecule has 3 heterocycles. The molecule has 1 spiro atoms. The maximum atomic E-state index is 13.9. The van der Waals surface area contributed by atoms with Gasteiger partial charge in [-0.05, 0) is 77.0 Å². The van der Waals surface area contributed by atoms with Gasteiger partial charge in [0, 0.05) is 50.5 Å². The Morgan fingerprint density at radius 2 is 1.64 bits per heavy atom. The summed E-state index contributed by atoms with van der Waals surface area (Å²) >= 11 is 0. The van der Waals surface area contributed by atoms with Crippen molar-refractivity contribution in [3.05, 3.63) is 29.3 Å². The van der Waals surface area contributed by atoms with Gasteiger partial charge in [0.25, 0.3) is 0 Å². The summed E-state index contributed by atoms with van der Waals surface area (Å²) in [5.41, 5.74) is 0.195. The lowest BCUT2D eigenvalue weighted by atomic mass is 9.78. The van der Waals surface area contributed by atoms with Crippen LogP contribution in [0.2, 0.25) is 0 Å². The number of ether oxygens (including phenoxy) is 1. The molecule has 1 amide bonds. The third-order valence-corrected chi connectivity index (χ3v) is 7.28. The summed E-state index contributed by atoms with van der Waals surface area (Å²) < 4.78 is 47.2. The molecule has 3 fully saturated rings. The number of anilines is 1. The summed E-state index contributed by atoms with van der Waals surface area (Å²) in [5.74, 6) is 0. The van der Waals surface area contributed by atoms with Crippen LogP contribution in [0, 0.1) is 5.41 Å². The van der Waals surface area contributed by atoms with Gasteiger partial charge in [0.05, 0.1) is 5.56 Å². The van der Waals surface area contributed by atoms with Gasteiger partial charge < -0.3 is 14.5 Å². The van der Waals surface area contributed by atoms with Crippen molar-refractivity contribution in [3.8, 4) is 0 Å². The number of hydrogen-bond acceptors (Lipinski definition) is 4. The molecule has 8 heteroatoms. The molecular weight excluding hydrogens is 431 g/mol. The predicted octanol–water partition coefficient (Wildman–Crippen LogP) is 5.53. The first kappa shape index (κ1) is 24.2. The number of benzene rings is 1. The number of likely N-dealkylation sites (tertiary alicyclic amines) is 2. The Hall–Kier alpha value is -1.96. The first-order valence-corrected chi connectivity index (χ1v) is 12.1. The van der Waals surface area contributed by atoms with Crippen molar-refractivity contribution in [2.75, 3.05) is 44.2 Å². The van der Waals surface area contributed by atoms with Crippen LogP contribution in [0.15, 0.2) is 18.2 Å². The van der Waals surface area contributed by atoms with Crippen molar-refractivity contribution in [1.29, 1.82) is 0 Å². The Bertz CT molecular complexity index is 851. The summed E-state index contributed by atoms with van der Waals surface area (Å²) in [7, 11) is 0. The van der Waals surface area contributed by atoms with E-state index in [9.17, 15) is 18.0 Å². The van der Waals surface area contributed by atoms with Gasteiger partial charge in [-0.15, -0.1) is 0 Å². The number of nitrogens with zero attached hydrogens (tertiary/aromatic N) is 3. The lowest BCUT2D eigenvalue weighted by Gasteiger charge is -2.39. The summed E-state index contributed by atoms with van der Waals surface area (Å²) in [6.45, 7) is 10.4. The number of amides is 1. The normalized spacial score (nSPS) is 21.8. The fourth-order valence-electron chi connectivity index (χ4n) is 5.55. The molecule has 0 bridgehead atoms. The number of carbonyl (C=O) groups excluding carboxylic acids is 1. The number of rotatable bonds is 3. The molecule has 3 aliphatic heterocycles. The molecule has 3 aliphatic rings. The molecular formula is C25H36F3N3O2. The second-order valence-corrected chi connectivity index (χ2v) is 10.9. The van der Waals surface area contributed by atoms with Gasteiger partial charge in [0.15, 0.2) is 0 Å². The fraction of sp³-hybridized carbons (Fsp3) is 0.720. The third-order valence-electron chi connectivity index (χ3n) is 7.28. The van der Waals surface area contributed by atoms with Crippen LogP contribution >= 0.6 is 0 Å². The standard InChI is InChI=1S/C25H36F3N3O2/c1-23(2,3)33-22(32)31-15-10-24(11-16-31)9-14-29(18-24)17-19-20(25(26,27)28)7-6-8-21(19)30-12-4-5-13-30/h6-8H,4-5,9-18H2,1-3H3. The lowest BCUT2D eigenvalue weighted by molar-refractivity contribution is -0.138. The van der Waals surface area contributed by atoms with E-state index in [0.717, 1.165) is 64.0 Å². The quantitative estimate of drug-likeness (QED) is 0.586. The molecule has 0 N–H and O–H groups in total. The number of piperidine rings is 1. The van der Waals surface area contributed by atoms with E-state index < -0.39 is 17.3 Å². The average Bonchev–Trinajstić information content (AvgIpc) is 3.37. The monoisotopic (exact) mass is 467 g/mol. The van der Waals surface area contributed by atoms with Crippen LogP contribution < -0.4 is 4.90 Å². The molecule has 1 aromatic rings. The summed E-state index contributed by atoms with van der Waals surface area (Å²) in [4.78, 5) is 18.5. The molecule has 0 aromatic heterocycles. The van der Waals surface area contributed by atoms with E-state index in [1.807, 2.05) is 26.8 Å². The van der Waals surface area contributed by atoms with Crippen LogP contribution in [0.3, 0.4) is 0 Å². The molecule has 0 unspecified atom stereocenters. The predicted molar refractivity (Wildman–Crippen MR) is 122 cm³/mol. The second-order valence-electron chi connectivity index (χ2n) is 10.9. The van der Waals surface area contributed by atoms with Gasteiger partial charge in [0.2, 0.25) is 0 Å². The molecule has 0 saturated carbocycles. The molecule has 0 radical (unpaired) electrons. The van der Waals surface area contributed by atoms with Gasteiger partial charge in [-0.3, -0.25) is 4.90 Å². The van der Waals surface area contributed by atoms with Gasteiger partial charge in [-0.2, -0.15) is 13.2 Å². The van der Waals surface area contributed by atoms with Gasteiger partial charge in [-0.25, -0.2) is 4.79 Å². The van der Waals surface area contributed by atoms with E-state index in [2.05, 4.69) is 9.80 Å². The Morgan fingerprint density at radius 1 is 1.00 bits per heavy atom. The summed E-state index contributed by atoms with van der Waals surface area (Å²) in [5, 5.41) is 0. The molecule has 3 saturated heterocycles. The Balaban J connectivity index is 1.44. The number of carbonyl (C=O) groups is 1. The summed E-state index contributed by atoms with van der Waals surface area (Å²) in [6.07, 6.45) is 0.101. The van der Waals surface area contributed by atoms with Crippen molar-refractivity contribution in [3.63, 3.8) is 0 Å². The van der Waals surface area contributed by atoms with Crippen molar-refractivity contribution < 1.29 is 22.7 Å². The van der Waals surface area contributed by atoms with Crippen LogP contribution in [-0.2, 0) is 17.5 Å².